The van der Waals surface area contributed by atoms with Gasteiger partial charge in [-0.2, -0.15) is 0 Å². The SMILES string of the molecule is CCc1ccc(C(C)=O)c(=O)n1-c1ccccc1. The van der Waals surface area contributed by atoms with E-state index >= 15 is 0 Å². The Bertz CT molecular complexity index is 627. The van der Waals surface area contributed by atoms with Gasteiger partial charge in [-0.05, 0) is 37.6 Å². The summed E-state index contributed by atoms with van der Waals surface area (Å²) in [6, 6.07) is 12.8. The monoisotopic (exact) mass is 241 g/mol. The predicted octanol–water partition coefficient (Wildman–Crippen LogP) is 2.60. The van der Waals surface area contributed by atoms with Gasteiger partial charge in [0.05, 0.1) is 5.56 Å². The van der Waals surface area contributed by atoms with Crippen LogP contribution in [0.15, 0.2) is 47.3 Å². The number of nitrogens with zero attached hydrogens (tertiary/aromatic N) is 1. The van der Waals surface area contributed by atoms with Gasteiger partial charge in [0.15, 0.2) is 5.78 Å². The summed E-state index contributed by atoms with van der Waals surface area (Å²) < 4.78 is 1.61. The van der Waals surface area contributed by atoms with Gasteiger partial charge in [-0.3, -0.25) is 14.2 Å². The minimum atomic E-state index is -0.243. The van der Waals surface area contributed by atoms with E-state index in [-0.39, 0.29) is 16.9 Å². The van der Waals surface area contributed by atoms with E-state index in [1.54, 1.807) is 10.6 Å². The van der Waals surface area contributed by atoms with E-state index in [2.05, 4.69) is 0 Å². The molecule has 0 atom stereocenters. The van der Waals surface area contributed by atoms with Crippen molar-refractivity contribution in [3.63, 3.8) is 0 Å². The Morgan fingerprint density at radius 2 is 1.78 bits per heavy atom. The zero-order valence-corrected chi connectivity index (χ0v) is 10.5. The van der Waals surface area contributed by atoms with Gasteiger partial charge in [0.25, 0.3) is 5.56 Å². The molecule has 18 heavy (non-hydrogen) atoms. The average molecular weight is 241 g/mol. The highest BCUT2D eigenvalue weighted by Crippen LogP contribution is 2.10. The fourth-order valence-corrected chi connectivity index (χ4v) is 1.98. The van der Waals surface area contributed by atoms with Gasteiger partial charge in [-0.25, -0.2) is 0 Å². The molecule has 1 aromatic heterocycles. The van der Waals surface area contributed by atoms with E-state index in [1.807, 2.05) is 43.3 Å². The number of ketones is 1. The van der Waals surface area contributed by atoms with Crippen LogP contribution >= 0.6 is 0 Å². The van der Waals surface area contributed by atoms with Gasteiger partial charge in [0, 0.05) is 11.4 Å². The van der Waals surface area contributed by atoms with Crippen molar-refractivity contribution in [3.05, 3.63) is 64.1 Å². The van der Waals surface area contributed by atoms with E-state index in [0.717, 1.165) is 17.8 Å². The molecule has 0 aliphatic carbocycles. The molecule has 0 aliphatic heterocycles. The van der Waals surface area contributed by atoms with Crippen molar-refractivity contribution in [2.75, 3.05) is 0 Å². The summed E-state index contributed by atoms with van der Waals surface area (Å²) in [5.74, 6) is -0.202. The fourth-order valence-electron chi connectivity index (χ4n) is 1.98. The first kappa shape index (κ1) is 12.3. The van der Waals surface area contributed by atoms with Crippen LogP contribution in [0.5, 0.6) is 0 Å². The minimum Gasteiger partial charge on any atom is -0.294 e. The molecule has 0 saturated carbocycles. The zero-order valence-electron chi connectivity index (χ0n) is 10.5. The van der Waals surface area contributed by atoms with Crippen LogP contribution in [-0.4, -0.2) is 10.4 Å². The van der Waals surface area contributed by atoms with Crippen molar-refractivity contribution in [1.29, 1.82) is 0 Å². The average Bonchev–Trinajstić information content (AvgIpc) is 2.38. The van der Waals surface area contributed by atoms with Crippen LogP contribution < -0.4 is 5.56 Å². The first-order valence-corrected chi connectivity index (χ1v) is 5.96. The maximum absolute atomic E-state index is 12.3. The van der Waals surface area contributed by atoms with Crippen molar-refractivity contribution in [2.45, 2.75) is 20.3 Å². The van der Waals surface area contributed by atoms with E-state index in [4.69, 9.17) is 0 Å². The summed E-state index contributed by atoms with van der Waals surface area (Å²) in [5.41, 5.74) is 1.68. The van der Waals surface area contributed by atoms with Crippen molar-refractivity contribution in [1.82, 2.24) is 4.57 Å². The Morgan fingerprint density at radius 1 is 1.11 bits per heavy atom. The summed E-state index contributed by atoms with van der Waals surface area (Å²) in [6.45, 7) is 3.40. The lowest BCUT2D eigenvalue weighted by atomic mass is 10.1. The summed E-state index contributed by atoms with van der Waals surface area (Å²) >= 11 is 0. The molecule has 0 N–H and O–H groups in total. The van der Waals surface area contributed by atoms with Crippen LogP contribution in [0.1, 0.15) is 29.9 Å². The largest absolute Gasteiger partial charge is 0.294 e. The van der Waals surface area contributed by atoms with Gasteiger partial charge in [0.2, 0.25) is 0 Å². The number of Topliss-reactive ketones (excluding diaryl/α,β-unsaturated/α-hetero) is 1. The normalized spacial score (nSPS) is 10.3. The molecule has 0 bridgehead atoms. The quantitative estimate of drug-likeness (QED) is 0.775. The molecule has 2 aromatic rings. The molecule has 0 fully saturated rings. The molecule has 1 aromatic carbocycles. The highest BCUT2D eigenvalue weighted by Gasteiger charge is 2.12. The molecule has 0 amide bonds. The van der Waals surface area contributed by atoms with Crippen LogP contribution in [0.4, 0.5) is 0 Å². The van der Waals surface area contributed by atoms with Gasteiger partial charge in [-0.15, -0.1) is 0 Å². The molecule has 0 unspecified atom stereocenters. The van der Waals surface area contributed by atoms with Crippen molar-refractivity contribution in [3.8, 4) is 5.69 Å². The third-order valence-electron chi connectivity index (χ3n) is 2.92. The summed E-state index contributed by atoms with van der Waals surface area (Å²) in [7, 11) is 0. The van der Waals surface area contributed by atoms with Gasteiger partial charge >= 0.3 is 0 Å². The molecule has 0 spiro atoms. The molecule has 0 aliphatic rings. The van der Waals surface area contributed by atoms with Gasteiger partial charge in [0.1, 0.15) is 0 Å². The van der Waals surface area contributed by atoms with Crippen molar-refractivity contribution >= 4 is 5.78 Å². The minimum absolute atomic E-state index is 0.202. The maximum Gasteiger partial charge on any atom is 0.266 e. The smallest absolute Gasteiger partial charge is 0.266 e. The lowest BCUT2D eigenvalue weighted by Crippen LogP contribution is -2.26. The van der Waals surface area contributed by atoms with Gasteiger partial charge in [-0.1, -0.05) is 25.1 Å². The van der Waals surface area contributed by atoms with Crippen LogP contribution in [0.2, 0.25) is 0 Å². The molecular weight excluding hydrogens is 226 g/mol. The number of carbonyl (C=O) groups excluding carboxylic acids is 1. The number of aromatic nitrogens is 1. The number of rotatable bonds is 3. The molecule has 3 nitrogen and oxygen atoms in total. The second-order valence-corrected chi connectivity index (χ2v) is 4.12. The van der Waals surface area contributed by atoms with Crippen molar-refractivity contribution in [2.24, 2.45) is 0 Å². The fraction of sp³-hybridized carbons (Fsp3) is 0.200. The third kappa shape index (κ3) is 2.12. The van der Waals surface area contributed by atoms with Crippen LogP contribution in [0.25, 0.3) is 5.69 Å². The first-order chi connectivity index (χ1) is 8.65. The molecule has 3 heteroatoms. The maximum atomic E-state index is 12.3. The summed E-state index contributed by atoms with van der Waals surface area (Å²) in [4.78, 5) is 23.8. The topological polar surface area (TPSA) is 39.1 Å². The van der Waals surface area contributed by atoms with Crippen LogP contribution in [0.3, 0.4) is 0 Å². The summed E-state index contributed by atoms with van der Waals surface area (Å²) in [5, 5.41) is 0. The van der Waals surface area contributed by atoms with E-state index in [1.165, 1.54) is 6.92 Å². The number of carbonyl (C=O) groups is 1. The highest BCUT2D eigenvalue weighted by molar-refractivity contribution is 5.93. The Morgan fingerprint density at radius 3 is 2.33 bits per heavy atom. The Hall–Kier alpha value is -2.16. The second kappa shape index (κ2) is 5.00. The lowest BCUT2D eigenvalue weighted by molar-refractivity contribution is 0.101. The van der Waals surface area contributed by atoms with Crippen LogP contribution in [0, 0.1) is 0 Å². The van der Waals surface area contributed by atoms with E-state index < -0.39 is 0 Å². The third-order valence-corrected chi connectivity index (χ3v) is 2.92. The molecule has 1 heterocycles. The number of hydrogen-bond donors (Lipinski definition) is 0. The molecule has 0 radical (unpaired) electrons. The molecule has 2 rings (SSSR count). The van der Waals surface area contributed by atoms with E-state index in [9.17, 15) is 9.59 Å². The second-order valence-electron chi connectivity index (χ2n) is 4.12. The number of benzene rings is 1. The Balaban J connectivity index is 2.75. The lowest BCUT2D eigenvalue weighted by Gasteiger charge is -2.12. The standard InChI is InChI=1S/C15H15NO2/c1-3-12-9-10-14(11(2)17)15(18)16(12)13-7-5-4-6-8-13/h4-10H,3H2,1-2H3. The number of pyridine rings is 1. The highest BCUT2D eigenvalue weighted by atomic mass is 16.1. The van der Waals surface area contributed by atoms with Gasteiger partial charge < -0.3 is 0 Å². The molecular formula is C15H15NO2. The molecule has 0 saturated heterocycles. The first-order valence-electron chi connectivity index (χ1n) is 5.96. The summed E-state index contributed by atoms with van der Waals surface area (Å²) in [6.07, 6.45) is 0.738. The van der Waals surface area contributed by atoms with E-state index in [0.29, 0.717) is 0 Å². The van der Waals surface area contributed by atoms with Crippen LogP contribution in [-0.2, 0) is 6.42 Å². The van der Waals surface area contributed by atoms with Crippen molar-refractivity contribution < 1.29 is 4.79 Å². The predicted molar refractivity (Wildman–Crippen MR) is 71.4 cm³/mol. The number of aryl methyl sites for hydroxylation is 1. The zero-order chi connectivity index (χ0) is 13.1. The number of para-hydroxylation sites is 1. The molecule has 92 valence electrons. The number of hydrogen-bond acceptors (Lipinski definition) is 2. The Labute approximate surface area is 106 Å². The Kier molecular flexibility index (Phi) is 3.42.